The summed E-state index contributed by atoms with van der Waals surface area (Å²) < 4.78 is 4.95. The minimum absolute atomic E-state index is 0.103. The molecule has 2 aromatic heterocycles. The van der Waals surface area contributed by atoms with Crippen molar-refractivity contribution in [1.29, 1.82) is 0 Å². The van der Waals surface area contributed by atoms with E-state index in [1.54, 1.807) is 19.9 Å². The molecule has 0 aromatic carbocycles. The number of aliphatic hydroxyl groups is 1. The Morgan fingerprint density at radius 2 is 2.41 bits per heavy atom. The number of nitrogens with one attached hydrogen (secondary N) is 1. The molecule has 0 saturated carbocycles. The van der Waals surface area contributed by atoms with Crippen LogP contribution in [0.15, 0.2) is 16.8 Å². The van der Waals surface area contributed by atoms with Gasteiger partial charge in [0.15, 0.2) is 0 Å². The number of carbonyl (C=O) groups is 1. The number of aryl methyl sites for hydroxylation is 1. The molecule has 0 spiro atoms. The quantitative estimate of drug-likeness (QED) is 0.815. The van der Waals surface area contributed by atoms with Gasteiger partial charge >= 0.3 is 0 Å². The Morgan fingerprint density at radius 3 is 3.12 bits per heavy atom. The topological polar surface area (TPSA) is 88.2 Å². The van der Waals surface area contributed by atoms with E-state index in [1.807, 2.05) is 0 Å². The summed E-state index contributed by atoms with van der Waals surface area (Å²) in [6, 6.07) is 1.38. The molecule has 2 N–H and O–H groups in total. The lowest BCUT2D eigenvalue weighted by atomic mass is 10.2. The molecule has 0 unspecified atom stereocenters. The van der Waals surface area contributed by atoms with Crippen LogP contribution >= 0.6 is 0 Å². The summed E-state index contributed by atoms with van der Waals surface area (Å²) in [7, 11) is 0. The van der Waals surface area contributed by atoms with Gasteiger partial charge in [-0.1, -0.05) is 5.16 Å². The van der Waals surface area contributed by atoms with Gasteiger partial charge in [-0.15, -0.1) is 0 Å². The van der Waals surface area contributed by atoms with Crippen LogP contribution in [-0.4, -0.2) is 33.8 Å². The number of hydrogen-bond acceptors (Lipinski definition) is 5. The van der Waals surface area contributed by atoms with Crippen molar-refractivity contribution in [3.8, 4) is 0 Å². The van der Waals surface area contributed by atoms with Crippen LogP contribution in [0.1, 0.15) is 23.0 Å². The molecule has 0 radical (unpaired) electrons. The molecule has 90 valence electrons. The highest BCUT2D eigenvalue weighted by molar-refractivity contribution is 5.97. The number of nitrogens with zero attached hydrogens (tertiary/aromatic N) is 2. The first-order chi connectivity index (χ1) is 8.11. The number of amides is 1. The molecule has 2 heterocycles. The van der Waals surface area contributed by atoms with Gasteiger partial charge in [-0.3, -0.25) is 4.79 Å². The van der Waals surface area contributed by atoms with E-state index in [2.05, 4.69) is 15.5 Å². The first-order valence-corrected chi connectivity index (χ1v) is 5.25. The summed E-state index contributed by atoms with van der Waals surface area (Å²) in [5.74, 6) is -0.276. The lowest BCUT2D eigenvalue weighted by molar-refractivity contribution is 0.0922. The number of aliphatic hydroxyl groups excluding tert-OH is 1. The zero-order valence-electron chi connectivity index (χ0n) is 9.60. The monoisotopic (exact) mass is 235 g/mol. The van der Waals surface area contributed by atoms with Gasteiger partial charge in [0.1, 0.15) is 0 Å². The Labute approximate surface area is 97.6 Å². The van der Waals surface area contributed by atoms with E-state index in [0.717, 1.165) is 0 Å². The Bertz CT molecular complexity index is 550. The zero-order chi connectivity index (χ0) is 12.4. The Kier molecular flexibility index (Phi) is 3.06. The summed E-state index contributed by atoms with van der Waals surface area (Å²) in [4.78, 5) is 15.8. The van der Waals surface area contributed by atoms with Gasteiger partial charge < -0.3 is 14.9 Å². The SMILES string of the molecule is Cc1noc2ncc(C(=O)N[C@H](C)CO)cc12. The minimum atomic E-state index is -0.290. The molecule has 6 heteroatoms. The number of fused-ring (bicyclic) bond motifs is 1. The van der Waals surface area contributed by atoms with Crippen LogP contribution in [0.2, 0.25) is 0 Å². The average Bonchev–Trinajstić information content (AvgIpc) is 2.70. The lowest BCUT2D eigenvalue weighted by Gasteiger charge is -2.10. The summed E-state index contributed by atoms with van der Waals surface area (Å²) in [6.07, 6.45) is 1.42. The number of aromatic nitrogens is 2. The van der Waals surface area contributed by atoms with Crippen LogP contribution < -0.4 is 5.32 Å². The summed E-state index contributed by atoms with van der Waals surface area (Å²) in [5, 5.41) is 16.0. The molecular formula is C11H13N3O3. The van der Waals surface area contributed by atoms with E-state index in [4.69, 9.17) is 9.63 Å². The third-order valence-corrected chi connectivity index (χ3v) is 2.42. The molecule has 0 fully saturated rings. The van der Waals surface area contributed by atoms with Crippen molar-refractivity contribution in [2.24, 2.45) is 0 Å². The lowest BCUT2D eigenvalue weighted by Crippen LogP contribution is -2.35. The molecule has 2 aromatic rings. The standard InChI is InChI=1S/C11H13N3O3/c1-6(5-15)13-10(16)8-3-9-7(2)14-17-11(9)12-4-8/h3-4,6,15H,5H2,1-2H3,(H,13,16)/t6-/m1/s1. The normalized spacial score (nSPS) is 12.6. The summed E-state index contributed by atoms with van der Waals surface area (Å²) in [6.45, 7) is 3.40. The third-order valence-electron chi connectivity index (χ3n) is 2.42. The first-order valence-electron chi connectivity index (χ1n) is 5.25. The van der Waals surface area contributed by atoms with Crippen LogP contribution in [0.4, 0.5) is 0 Å². The van der Waals surface area contributed by atoms with Gasteiger partial charge in [0.2, 0.25) is 0 Å². The fourth-order valence-electron chi connectivity index (χ4n) is 1.42. The fraction of sp³-hybridized carbons (Fsp3) is 0.364. The molecule has 1 atom stereocenters. The van der Waals surface area contributed by atoms with Gasteiger partial charge in [-0.25, -0.2) is 4.98 Å². The molecule has 2 rings (SSSR count). The third kappa shape index (κ3) is 2.26. The highest BCUT2D eigenvalue weighted by Gasteiger charge is 2.12. The molecular weight excluding hydrogens is 222 g/mol. The van der Waals surface area contributed by atoms with Crippen LogP contribution in [-0.2, 0) is 0 Å². The molecule has 0 aliphatic rings. The largest absolute Gasteiger partial charge is 0.394 e. The number of hydrogen-bond donors (Lipinski definition) is 2. The predicted molar refractivity (Wildman–Crippen MR) is 60.6 cm³/mol. The first kappa shape index (κ1) is 11.5. The number of rotatable bonds is 3. The van der Waals surface area contributed by atoms with Gasteiger partial charge in [-0.2, -0.15) is 0 Å². The van der Waals surface area contributed by atoms with E-state index >= 15 is 0 Å². The van der Waals surface area contributed by atoms with Gasteiger partial charge in [-0.05, 0) is 19.9 Å². The van der Waals surface area contributed by atoms with E-state index in [-0.39, 0.29) is 18.6 Å². The Hall–Kier alpha value is -1.95. The van der Waals surface area contributed by atoms with Crippen molar-refractivity contribution in [3.05, 3.63) is 23.5 Å². The van der Waals surface area contributed by atoms with E-state index in [0.29, 0.717) is 22.4 Å². The van der Waals surface area contributed by atoms with Crippen LogP contribution in [0.5, 0.6) is 0 Å². The van der Waals surface area contributed by atoms with Crippen LogP contribution in [0, 0.1) is 6.92 Å². The van der Waals surface area contributed by atoms with Crippen molar-refractivity contribution in [1.82, 2.24) is 15.5 Å². The Balaban J connectivity index is 2.29. The van der Waals surface area contributed by atoms with Crippen LogP contribution in [0.25, 0.3) is 11.1 Å². The second-order valence-corrected chi connectivity index (χ2v) is 3.90. The Morgan fingerprint density at radius 1 is 1.65 bits per heavy atom. The summed E-state index contributed by atoms with van der Waals surface area (Å²) >= 11 is 0. The smallest absolute Gasteiger partial charge is 0.257 e. The maximum Gasteiger partial charge on any atom is 0.257 e. The highest BCUT2D eigenvalue weighted by atomic mass is 16.5. The van der Waals surface area contributed by atoms with Gasteiger partial charge in [0, 0.05) is 12.2 Å². The van der Waals surface area contributed by atoms with Crippen molar-refractivity contribution in [2.75, 3.05) is 6.61 Å². The van der Waals surface area contributed by atoms with E-state index < -0.39 is 0 Å². The molecule has 6 nitrogen and oxygen atoms in total. The molecule has 0 bridgehead atoms. The van der Waals surface area contributed by atoms with E-state index in [1.165, 1.54) is 6.20 Å². The summed E-state index contributed by atoms with van der Waals surface area (Å²) in [5.41, 5.74) is 1.52. The van der Waals surface area contributed by atoms with Gasteiger partial charge in [0.25, 0.3) is 11.6 Å². The van der Waals surface area contributed by atoms with Gasteiger partial charge in [0.05, 0.1) is 23.3 Å². The number of pyridine rings is 1. The predicted octanol–water partition coefficient (Wildman–Crippen LogP) is 0.642. The second-order valence-electron chi connectivity index (χ2n) is 3.90. The molecule has 0 saturated heterocycles. The molecule has 17 heavy (non-hydrogen) atoms. The fourth-order valence-corrected chi connectivity index (χ4v) is 1.42. The number of carbonyl (C=O) groups excluding carboxylic acids is 1. The highest BCUT2D eigenvalue weighted by Crippen LogP contribution is 2.16. The molecule has 0 aliphatic carbocycles. The average molecular weight is 235 g/mol. The van der Waals surface area contributed by atoms with Crippen molar-refractivity contribution in [3.63, 3.8) is 0 Å². The van der Waals surface area contributed by atoms with Crippen molar-refractivity contribution in [2.45, 2.75) is 19.9 Å². The second kappa shape index (κ2) is 4.50. The van der Waals surface area contributed by atoms with Crippen molar-refractivity contribution < 1.29 is 14.4 Å². The molecule has 0 aliphatic heterocycles. The van der Waals surface area contributed by atoms with E-state index in [9.17, 15) is 4.79 Å². The molecule has 1 amide bonds. The maximum atomic E-state index is 11.8. The maximum absolute atomic E-state index is 11.8. The minimum Gasteiger partial charge on any atom is -0.394 e. The van der Waals surface area contributed by atoms with Crippen LogP contribution in [0.3, 0.4) is 0 Å². The zero-order valence-corrected chi connectivity index (χ0v) is 9.60. The van der Waals surface area contributed by atoms with Crippen molar-refractivity contribution >= 4 is 17.0 Å².